The second-order valence-electron chi connectivity index (χ2n) is 3.48. The molecule has 0 atom stereocenters. The lowest BCUT2D eigenvalue weighted by Crippen LogP contribution is -2.22. The summed E-state index contributed by atoms with van der Waals surface area (Å²) in [7, 11) is -1.52. The van der Waals surface area contributed by atoms with E-state index >= 15 is 0 Å². The zero-order valence-electron chi connectivity index (χ0n) is 9.60. The van der Waals surface area contributed by atoms with Gasteiger partial charge < -0.3 is 4.90 Å². The summed E-state index contributed by atoms with van der Waals surface area (Å²) < 4.78 is 23.1. The predicted molar refractivity (Wildman–Crippen MR) is 63.3 cm³/mol. The van der Waals surface area contributed by atoms with Gasteiger partial charge in [-0.25, -0.2) is 8.42 Å². The molecule has 88 valence electrons. The van der Waals surface area contributed by atoms with Crippen molar-refractivity contribution < 1.29 is 13.2 Å². The molecule has 1 aromatic carbocycles. The molecule has 0 aliphatic heterocycles. The maximum absolute atomic E-state index is 11.5. The maximum Gasteiger partial charge on any atom is 0.223 e. The van der Waals surface area contributed by atoms with Crippen LogP contribution in [0.15, 0.2) is 29.2 Å². The zero-order valence-corrected chi connectivity index (χ0v) is 10.4. The van der Waals surface area contributed by atoms with E-state index in [1.807, 2.05) is 0 Å². The van der Waals surface area contributed by atoms with Gasteiger partial charge in [0.05, 0.1) is 10.6 Å². The van der Waals surface area contributed by atoms with E-state index in [4.69, 9.17) is 0 Å². The fourth-order valence-corrected chi connectivity index (χ4v) is 2.11. The number of carbonyl (C=O) groups excluding carboxylic acids is 1. The molecule has 0 bridgehead atoms. The second-order valence-corrected chi connectivity index (χ2v) is 5.75. The summed E-state index contributed by atoms with van der Waals surface area (Å²) in [6.45, 7) is 3.06. The van der Waals surface area contributed by atoms with E-state index in [1.54, 1.807) is 26.1 Å². The predicted octanol–water partition coefficient (Wildman–Crippen LogP) is 1.46. The average molecular weight is 241 g/mol. The minimum Gasteiger partial charge on any atom is -0.316 e. The average Bonchev–Trinajstić information content (AvgIpc) is 2.28. The first-order valence-electron chi connectivity index (χ1n) is 4.95. The van der Waals surface area contributed by atoms with Crippen LogP contribution in [0.4, 0.5) is 5.69 Å². The third kappa shape index (κ3) is 2.61. The molecule has 4 nitrogen and oxygen atoms in total. The van der Waals surface area contributed by atoms with Gasteiger partial charge in [-0.15, -0.1) is 0 Å². The molecular weight excluding hydrogens is 226 g/mol. The number of nitrogens with zero attached hydrogens (tertiary/aromatic N) is 1. The molecule has 0 aliphatic rings. The van der Waals surface area contributed by atoms with Crippen molar-refractivity contribution in [2.75, 3.05) is 17.7 Å². The Morgan fingerprint density at radius 3 is 2.12 bits per heavy atom. The van der Waals surface area contributed by atoms with Crippen LogP contribution in [0, 0.1) is 0 Å². The van der Waals surface area contributed by atoms with Gasteiger partial charge in [-0.2, -0.15) is 0 Å². The highest BCUT2D eigenvalue weighted by atomic mass is 32.2. The van der Waals surface area contributed by atoms with Crippen LogP contribution in [0.2, 0.25) is 0 Å². The molecular formula is C11H15NO3S. The van der Waals surface area contributed by atoms with Crippen LogP contribution in [0.3, 0.4) is 0 Å². The van der Waals surface area contributed by atoms with Gasteiger partial charge in [0.15, 0.2) is 9.84 Å². The second kappa shape index (κ2) is 4.65. The third-order valence-corrected chi connectivity index (χ3v) is 4.19. The summed E-state index contributed by atoms with van der Waals surface area (Å²) in [6.07, 6.45) is 0. The smallest absolute Gasteiger partial charge is 0.223 e. The molecule has 0 N–H and O–H groups in total. The van der Waals surface area contributed by atoms with Crippen LogP contribution in [0.25, 0.3) is 0 Å². The van der Waals surface area contributed by atoms with E-state index < -0.39 is 9.84 Å². The van der Waals surface area contributed by atoms with Gasteiger partial charge in [0.1, 0.15) is 0 Å². The van der Waals surface area contributed by atoms with Gasteiger partial charge in [-0.3, -0.25) is 4.79 Å². The van der Waals surface area contributed by atoms with Crippen LogP contribution in [-0.2, 0) is 14.6 Å². The lowest BCUT2D eigenvalue weighted by atomic mass is 10.3. The van der Waals surface area contributed by atoms with Crippen molar-refractivity contribution in [1.82, 2.24) is 0 Å². The van der Waals surface area contributed by atoms with Crippen LogP contribution in [0.1, 0.15) is 13.8 Å². The van der Waals surface area contributed by atoms with Crippen molar-refractivity contribution in [2.45, 2.75) is 18.7 Å². The van der Waals surface area contributed by atoms with Gasteiger partial charge in [-0.1, -0.05) is 6.92 Å². The molecule has 0 aliphatic carbocycles. The number of carbonyl (C=O) groups is 1. The van der Waals surface area contributed by atoms with Crippen molar-refractivity contribution in [3.63, 3.8) is 0 Å². The molecule has 0 spiro atoms. The van der Waals surface area contributed by atoms with Crippen LogP contribution in [0.5, 0.6) is 0 Å². The molecule has 0 fully saturated rings. The first-order valence-corrected chi connectivity index (χ1v) is 6.61. The SMILES string of the molecule is CCS(=O)(=O)c1ccc(N(C)C(C)=O)cc1. The van der Waals surface area contributed by atoms with E-state index in [9.17, 15) is 13.2 Å². The first kappa shape index (κ1) is 12.7. The minimum atomic E-state index is -3.16. The summed E-state index contributed by atoms with van der Waals surface area (Å²) in [5.74, 6) is -0.0133. The molecule has 0 saturated carbocycles. The van der Waals surface area contributed by atoms with Crippen LogP contribution in [-0.4, -0.2) is 27.1 Å². The summed E-state index contributed by atoms with van der Waals surface area (Å²) in [5, 5.41) is 0. The van der Waals surface area contributed by atoms with Crippen molar-refractivity contribution in [3.05, 3.63) is 24.3 Å². The fourth-order valence-electron chi connectivity index (χ4n) is 1.23. The van der Waals surface area contributed by atoms with Crippen molar-refractivity contribution in [3.8, 4) is 0 Å². The Labute approximate surface area is 95.8 Å². The number of anilines is 1. The molecule has 16 heavy (non-hydrogen) atoms. The highest BCUT2D eigenvalue weighted by Crippen LogP contribution is 2.17. The van der Waals surface area contributed by atoms with Gasteiger partial charge in [-0.05, 0) is 24.3 Å². The standard InChI is InChI=1S/C11H15NO3S/c1-4-16(14,15)11-7-5-10(6-8-11)12(3)9(2)13/h5-8H,4H2,1-3H3. The Bertz CT molecular complexity index is 476. The van der Waals surface area contributed by atoms with E-state index in [0.717, 1.165) is 0 Å². The van der Waals surface area contributed by atoms with Crippen LogP contribution >= 0.6 is 0 Å². The van der Waals surface area contributed by atoms with E-state index in [1.165, 1.54) is 24.0 Å². The summed E-state index contributed by atoms with van der Waals surface area (Å²) in [4.78, 5) is 12.8. The zero-order chi connectivity index (χ0) is 12.3. The maximum atomic E-state index is 11.5. The van der Waals surface area contributed by atoms with Gasteiger partial charge in [0.2, 0.25) is 5.91 Å². The molecule has 0 radical (unpaired) electrons. The number of rotatable bonds is 3. The largest absolute Gasteiger partial charge is 0.316 e. The highest BCUT2D eigenvalue weighted by Gasteiger charge is 2.12. The molecule has 0 aromatic heterocycles. The summed E-state index contributed by atoms with van der Waals surface area (Å²) in [5.41, 5.74) is 0.683. The lowest BCUT2D eigenvalue weighted by molar-refractivity contribution is -0.116. The Hall–Kier alpha value is -1.36. The Balaban J connectivity index is 3.05. The fraction of sp³-hybridized carbons (Fsp3) is 0.364. The third-order valence-electron chi connectivity index (χ3n) is 2.44. The van der Waals surface area contributed by atoms with Crippen molar-refractivity contribution in [2.24, 2.45) is 0 Å². The number of benzene rings is 1. The topological polar surface area (TPSA) is 54.5 Å². The van der Waals surface area contributed by atoms with Gasteiger partial charge in [0, 0.05) is 19.7 Å². The summed E-state index contributed by atoms with van der Waals surface area (Å²) >= 11 is 0. The van der Waals surface area contributed by atoms with Crippen molar-refractivity contribution >= 4 is 21.4 Å². The molecule has 1 rings (SSSR count). The van der Waals surface area contributed by atoms with Crippen LogP contribution < -0.4 is 4.90 Å². The number of sulfone groups is 1. The van der Waals surface area contributed by atoms with E-state index in [-0.39, 0.29) is 16.6 Å². The summed E-state index contributed by atoms with van der Waals surface area (Å²) in [6, 6.07) is 6.30. The molecule has 0 saturated heterocycles. The van der Waals surface area contributed by atoms with Gasteiger partial charge in [0.25, 0.3) is 0 Å². The van der Waals surface area contributed by atoms with E-state index in [2.05, 4.69) is 0 Å². The molecule has 1 aromatic rings. The Kier molecular flexibility index (Phi) is 3.70. The minimum absolute atomic E-state index is 0.0783. The highest BCUT2D eigenvalue weighted by molar-refractivity contribution is 7.91. The molecule has 5 heteroatoms. The normalized spacial score (nSPS) is 11.2. The van der Waals surface area contributed by atoms with E-state index in [0.29, 0.717) is 5.69 Å². The molecule has 0 heterocycles. The molecule has 0 unspecified atom stereocenters. The molecule has 1 amide bonds. The number of hydrogen-bond donors (Lipinski definition) is 0. The monoisotopic (exact) mass is 241 g/mol. The number of hydrogen-bond acceptors (Lipinski definition) is 3. The van der Waals surface area contributed by atoms with Gasteiger partial charge >= 0.3 is 0 Å². The first-order chi connectivity index (χ1) is 7.38. The quantitative estimate of drug-likeness (QED) is 0.805. The Morgan fingerprint density at radius 2 is 1.75 bits per heavy atom. The number of amides is 1. The van der Waals surface area contributed by atoms with Crippen molar-refractivity contribution in [1.29, 1.82) is 0 Å². The Morgan fingerprint density at radius 1 is 1.25 bits per heavy atom. The lowest BCUT2D eigenvalue weighted by Gasteiger charge is -2.15.